The number of aryl methyl sites for hydroxylation is 1. The molecule has 1 unspecified atom stereocenters. The van der Waals surface area contributed by atoms with Crippen LogP contribution in [0.15, 0.2) is 36.8 Å². The summed E-state index contributed by atoms with van der Waals surface area (Å²) in [6.07, 6.45) is 8.06. The second kappa shape index (κ2) is 6.13. The minimum Gasteiger partial charge on any atom is -0.330 e. The summed E-state index contributed by atoms with van der Waals surface area (Å²) in [5.41, 5.74) is 2.09. The van der Waals surface area contributed by atoms with Gasteiger partial charge in [0, 0.05) is 30.0 Å². The van der Waals surface area contributed by atoms with Crippen LogP contribution >= 0.6 is 0 Å². The van der Waals surface area contributed by atoms with Crippen molar-refractivity contribution < 1.29 is 0 Å². The highest BCUT2D eigenvalue weighted by Gasteiger charge is 2.10. The molecule has 5 heteroatoms. The van der Waals surface area contributed by atoms with E-state index in [1.54, 1.807) is 0 Å². The lowest BCUT2D eigenvalue weighted by molar-refractivity contribution is 0.512. The van der Waals surface area contributed by atoms with E-state index in [0.717, 1.165) is 35.3 Å². The average Bonchev–Trinajstić information content (AvgIpc) is 2.93. The Morgan fingerprint density at radius 3 is 2.77 bits per heavy atom. The van der Waals surface area contributed by atoms with Crippen LogP contribution < -0.4 is 5.32 Å². The maximum atomic E-state index is 4.66. The van der Waals surface area contributed by atoms with Gasteiger partial charge in [0.2, 0.25) is 5.95 Å². The number of aromatic nitrogens is 4. The molecular formula is C17H21N5. The molecule has 0 aromatic carbocycles. The fourth-order valence-corrected chi connectivity index (χ4v) is 2.57. The van der Waals surface area contributed by atoms with Gasteiger partial charge in [0.05, 0.1) is 0 Å². The predicted molar refractivity (Wildman–Crippen MR) is 89.4 cm³/mol. The van der Waals surface area contributed by atoms with E-state index >= 15 is 0 Å². The molecule has 0 spiro atoms. The van der Waals surface area contributed by atoms with Crippen molar-refractivity contribution in [3.8, 4) is 0 Å². The van der Waals surface area contributed by atoms with Crippen LogP contribution in [0.3, 0.4) is 0 Å². The zero-order valence-electron chi connectivity index (χ0n) is 13.2. The Bertz CT molecular complexity index is 760. The van der Waals surface area contributed by atoms with Crippen LogP contribution in [0.1, 0.15) is 38.3 Å². The Morgan fingerprint density at radius 2 is 2.05 bits per heavy atom. The SMILES string of the molecule is CCCC(C)n1ccc2cnc(Nc3ccc(C)cn3)nc21. The van der Waals surface area contributed by atoms with Gasteiger partial charge in [-0.1, -0.05) is 19.4 Å². The first-order valence-corrected chi connectivity index (χ1v) is 7.70. The molecule has 3 heterocycles. The van der Waals surface area contributed by atoms with Gasteiger partial charge < -0.3 is 9.88 Å². The Hall–Kier alpha value is -2.43. The van der Waals surface area contributed by atoms with Gasteiger partial charge in [-0.2, -0.15) is 4.98 Å². The van der Waals surface area contributed by atoms with E-state index in [1.165, 1.54) is 0 Å². The van der Waals surface area contributed by atoms with E-state index in [9.17, 15) is 0 Å². The largest absolute Gasteiger partial charge is 0.330 e. The molecule has 0 aliphatic heterocycles. The summed E-state index contributed by atoms with van der Waals surface area (Å²) in [5, 5.41) is 4.23. The molecular weight excluding hydrogens is 274 g/mol. The van der Waals surface area contributed by atoms with E-state index in [2.05, 4.69) is 50.9 Å². The van der Waals surface area contributed by atoms with Gasteiger partial charge in [-0.3, -0.25) is 0 Å². The Labute approximate surface area is 130 Å². The van der Waals surface area contributed by atoms with E-state index in [0.29, 0.717) is 12.0 Å². The molecule has 3 aromatic heterocycles. The van der Waals surface area contributed by atoms with Crippen molar-refractivity contribution in [3.63, 3.8) is 0 Å². The van der Waals surface area contributed by atoms with Crippen LogP contribution in [0.4, 0.5) is 11.8 Å². The highest BCUT2D eigenvalue weighted by Crippen LogP contribution is 2.22. The number of nitrogens with one attached hydrogen (secondary N) is 1. The van der Waals surface area contributed by atoms with Gasteiger partial charge in [0.25, 0.3) is 0 Å². The van der Waals surface area contributed by atoms with Crippen molar-refractivity contribution in [1.29, 1.82) is 0 Å². The summed E-state index contributed by atoms with van der Waals surface area (Å²) in [6, 6.07) is 6.44. The van der Waals surface area contributed by atoms with Gasteiger partial charge in [0.15, 0.2) is 0 Å². The normalized spacial score (nSPS) is 12.5. The number of rotatable bonds is 5. The first kappa shape index (κ1) is 14.5. The summed E-state index contributed by atoms with van der Waals surface area (Å²) in [7, 11) is 0. The number of pyridine rings is 1. The highest BCUT2D eigenvalue weighted by molar-refractivity contribution is 5.76. The molecule has 3 aromatic rings. The molecule has 0 amide bonds. The van der Waals surface area contributed by atoms with E-state index in [1.807, 2.05) is 31.5 Å². The van der Waals surface area contributed by atoms with Crippen LogP contribution in [0.5, 0.6) is 0 Å². The summed E-state index contributed by atoms with van der Waals surface area (Å²) in [6.45, 7) is 6.44. The molecule has 0 bridgehead atoms. The van der Waals surface area contributed by atoms with Gasteiger partial charge in [-0.05, 0) is 38.0 Å². The summed E-state index contributed by atoms with van der Waals surface area (Å²) < 4.78 is 2.22. The van der Waals surface area contributed by atoms with Gasteiger partial charge in [-0.15, -0.1) is 0 Å². The molecule has 0 saturated carbocycles. The number of anilines is 2. The van der Waals surface area contributed by atoms with Crippen LogP contribution in [0.25, 0.3) is 11.0 Å². The number of fused-ring (bicyclic) bond motifs is 1. The minimum absolute atomic E-state index is 0.433. The molecule has 1 N–H and O–H groups in total. The quantitative estimate of drug-likeness (QED) is 0.765. The van der Waals surface area contributed by atoms with Crippen molar-refractivity contribution >= 4 is 22.8 Å². The third-order valence-corrected chi connectivity index (χ3v) is 3.79. The van der Waals surface area contributed by atoms with Crippen LogP contribution in [0, 0.1) is 6.92 Å². The number of hydrogen-bond donors (Lipinski definition) is 1. The molecule has 0 radical (unpaired) electrons. The molecule has 114 valence electrons. The monoisotopic (exact) mass is 295 g/mol. The zero-order chi connectivity index (χ0) is 15.5. The maximum Gasteiger partial charge on any atom is 0.230 e. The van der Waals surface area contributed by atoms with Gasteiger partial charge in [-0.25, -0.2) is 9.97 Å². The molecule has 3 rings (SSSR count). The molecule has 0 aliphatic carbocycles. The lowest BCUT2D eigenvalue weighted by Gasteiger charge is -2.13. The lowest BCUT2D eigenvalue weighted by Crippen LogP contribution is -2.06. The maximum absolute atomic E-state index is 4.66. The van der Waals surface area contributed by atoms with Crippen molar-refractivity contribution in [1.82, 2.24) is 19.5 Å². The summed E-state index contributed by atoms with van der Waals surface area (Å²) >= 11 is 0. The van der Waals surface area contributed by atoms with Crippen LogP contribution in [-0.4, -0.2) is 19.5 Å². The number of hydrogen-bond acceptors (Lipinski definition) is 4. The third-order valence-electron chi connectivity index (χ3n) is 3.79. The number of nitrogens with zero attached hydrogens (tertiary/aromatic N) is 4. The first-order valence-electron chi connectivity index (χ1n) is 7.70. The van der Waals surface area contributed by atoms with E-state index < -0.39 is 0 Å². The van der Waals surface area contributed by atoms with Gasteiger partial charge >= 0.3 is 0 Å². The summed E-state index contributed by atoms with van der Waals surface area (Å²) in [4.78, 5) is 13.4. The topological polar surface area (TPSA) is 55.6 Å². The van der Waals surface area contributed by atoms with Gasteiger partial charge in [0.1, 0.15) is 11.5 Å². The standard InChI is InChI=1S/C17H21N5/c1-4-5-13(3)22-9-8-14-11-19-17(21-16(14)22)20-15-7-6-12(2)10-18-15/h6-11,13H,4-5H2,1-3H3,(H,18,19,20,21). The lowest BCUT2D eigenvalue weighted by atomic mass is 10.2. The molecule has 0 saturated heterocycles. The fourth-order valence-electron chi connectivity index (χ4n) is 2.57. The second-order valence-corrected chi connectivity index (χ2v) is 5.68. The second-order valence-electron chi connectivity index (χ2n) is 5.68. The predicted octanol–water partition coefficient (Wildman–Crippen LogP) is 4.24. The highest BCUT2D eigenvalue weighted by atomic mass is 15.2. The van der Waals surface area contributed by atoms with E-state index in [-0.39, 0.29) is 0 Å². The average molecular weight is 295 g/mol. The Morgan fingerprint density at radius 1 is 1.18 bits per heavy atom. The van der Waals surface area contributed by atoms with Crippen molar-refractivity contribution in [3.05, 3.63) is 42.4 Å². The van der Waals surface area contributed by atoms with Crippen molar-refractivity contribution in [2.45, 2.75) is 39.7 Å². The van der Waals surface area contributed by atoms with Crippen LogP contribution in [0.2, 0.25) is 0 Å². The fraction of sp³-hybridized carbons (Fsp3) is 0.353. The molecule has 0 aliphatic rings. The molecule has 5 nitrogen and oxygen atoms in total. The van der Waals surface area contributed by atoms with Crippen molar-refractivity contribution in [2.24, 2.45) is 0 Å². The van der Waals surface area contributed by atoms with Crippen molar-refractivity contribution in [2.75, 3.05) is 5.32 Å². The smallest absolute Gasteiger partial charge is 0.230 e. The Kier molecular flexibility index (Phi) is 4.04. The molecule has 0 fully saturated rings. The molecule has 22 heavy (non-hydrogen) atoms. The van der Waals surface area contributed by atoms with Crippen LogP contribution in [-0.2, 0) is 0 Å². The summed E-state index contributed by atoms with van der Waals surface area (Å²) in [5.74, 6) is 1.33. The minimum atomic E-state index is 0.433. The third kappa shape index (κ3) is 2.93. The van der Waals surface area contributed by atoms with E-state index in [4.69, 9.17) is 0 Å². The molecule has 1 atom stereocenters. The first-order chi connectivity index (χ1) is 10.7. The Balaban J connectivity index is 1.91. The zero-order valence-corrected chi connectivity index (χ0v) is 13.2.